The Morgan fingerprint density at radius 1 is 1.22 bits per heavy atom. The van der Waals surface area contributed by atoms with Crippen LogP contribution in [0.2, 0.25) is 0 Å². The molecule has 0 radical (unpaired) electrons. The second kappa shape index (κ2) is 6.48. The highest BCUT2D eigenvalue weighted by atomic mass is 32.1. The number of hydrogen-bond donors (Lipinski definition) is 2. The van der Waals surface area contributed by atoms with Gasteiger partial charge in [-0.15, -0.1) is 0 Å². The minimum atomic E-state index is 0.216. The van der Waals surface area contributed by atoms with E-state index in [1.807, 2.05) is 18.2 Å². The number of aromatic nitrogens is 1. The van der Waals surface area contributed by atoms with Crippen molar-refractivity contribution in [3.8, 4) is 0 Å². The van der Waals surface area contributed by atoms with E-state index < -0.39 is 0 Å². The molecular formula is C18H23N3OS. The minimum absolute atomic E-state index is 0.216. The van der Waals surface area contributed by atoms with Crippen LogP contribution < -0.4 is 10.6 Å². The summed E-state index contributed by atoms with van der Waals surface area (Å²) in [6.07, 6.45) is 6.12. The van der Waals surface area contributed by atoms with Gasteiger partial charge in [0.05, 0.1) is 10.2 Å². The Morgan fingerprint density at radius 2 is 2.13 bits per heavy atom. The quantitative estimate of drug-likeness (QED) is 0.795. The van der Waals surface area contributed by atoms with Crippen LogP contribution >= 0.6 is 11.3 Å². The summed E-state index contributed by atoms with van der Waals surface area (Å²) in [4.78, 5) is 16.6. The summed E-state index contributed by atoms with van der Waals surface area (Å²) in [5.74, 6) is 2.60. The average molecular weight is 329 g/mol. The zero-order chi connectivity index (χ0) is 15.6. The fourth-order valence-electron chi connectivity index (χ4n) is 4.26. The molecule has 4 nitrogen and oxygen atoms in total. The van der Waals surface area contributed by atoms with Crippen molar-refractivity contribution in [2.45, 2.75) is 32.1 Å². The molecule has 2 aliphatic carbocycles. The SMILES string of the molecule is O=C(C[C@@H]1C[C@H]2CC[C@H]1C2)NCCNc1nc2ccccc2s1. The van der Waals surface area contributed by atoms with E-state index in [4.69, 9.17) is 0 Å². The summed E-state index contributed by atoms with van der Waals surface area (Å²) < 4.78 is 1.19. The van der Waals surface area contributed by atoms with E-state index in [0.717, 1.165) is 35.4 Å². The molecule has 0 aliphatic heterocycles. The third-order valence-corrected chi connectivity index (χ3v) is 6.34. The molecule has 5 heteroatoms. The molecule has 2 saturated carbocycles. The number of amides is 1. The maximum absolute atomic E-state index is 12.1. The normalized spacial score (nSPS) is 25.8. The summed E-state index contributed by atoms with van der Waals surface area (Å²) in [7, 11) is 0. The van der Waals surface area contributed by atoms with Crippen LogP contribution in [0.15, 0.2) is 24.3 Å². The van der Waals surface area contributed by atoms with Crippen molar-refractivity contribution < 1.29 is 4.79 Å². The molecule has 3 atom stereocenters. The first-order chi connectivity index (χ1) is 11.3. The van der Waals surface area contributed by atoms with Crippen LogP contribution in [0.4, 0.5) is 5.13 Å². The van der Waals surface area contributed by atoms with Crippen LogP contribution in [0, 0.1) is 17.8 Å². The van der Waals surface area contributed by atoms with E-state index in [1.165, 1.54) is 30.4 Å². The first kappa shape index (κ1) is 14.9. The van der Waals surface area contributed by atoms with Gasteiger partial charge < -0.3 is 10.6 Å². The fourth-order valence-corrected chi connectivity index (χ4v) is 5.15. The second-order valence-corrected chi connectivity index (χ2v) is 7.93. The van der Waals surface area contributed by atoms with E-state index in [9.17, 15) is 4.79 Å². The third kappa shape index (κ3) is 3.34. The number of nitrogens with one attached hydrogen (secondary N) is 2. The van der Waals surface area contributed by atoms with Crippen molar-refractivity contribution in [3.63, 3.8) is 0 Å². The lowest BCUT2D eigenvalue weighted by Gasteiger charge is -2.20. The maximum Gasteiger partial charge on any atom is 0.220 e. The zero-order valence-corrected chi connectivity index (χ0v) is 14.1. The topological polar surface area (TPSA) is 54.0 Å². The van der Waals surface area contributed by atoms with Crippen LogP contribution in [-0.4, -0.2) is 24.0 Å². The monoisotopic (exact) mass is 329 g/mol. The molecule has 1 aromatic heterocycles. The fraction of sp³-hybridized carbons (Fsp3) is 0.556. The van der Waals surface area contributed by atoms with Gasteiger partial charge in [0.25, 0.3) is 0 Å². The van der Waals surface area contributed by atoms with Crippen molar-refractivity contribution in [1.82, 2.24) is 10.3 Å². The predicted molar refractivity (Wildman–Crippen MR) is 94.7 cm³/mol. The van der Waals surface area contributed by atoms with Crippen molar-refractivity contribution in [2.75, 3.05) is 18.4 Å². The molecule has 1 heterocycles. The Bertz CT molecular complexity index is 665. The van der Waals surface area contributed by atoms with Gasteiger partial charge in [-0.3, -0.25) is 4.79 Å². The summed E-state index contributed by atoms with van der Waals surface area (Å²) in [5.41, 5.74) is 1.03. The first-order valence-corrected chi connectivity index (χ1v) is 9.46. The van der Waals surface area contributed by atoms with Gasteiger partial charge in [-0.2, -0.15) is 0 Å². The average Bonchev–Trinajstić information content (AvgIpc) is 3.25. The van der Waals surface area contributed by atoms with Crippen LogP contribution in [0.3, 0.4) is 0 Å². The number of anilines is 1. The highest BCUT2D eigenvalue weighted by Gasteiger charge is 2.39. The number of nitrogens with zero attached hydrogens (tertiary/aromatic N) is 1. The van der Waals surface area contributed by atoms with Gasteiger partial charge in [-0.05, 0) is 49.1 Å². The van der Waals surface area contributed by atoms with E-state index in [2.05, 4.69) is 21.7 Å². The van der Waals surface area contributed by atoms with E-state index in [1.54, 1.807) is 11.3 Å². The lowest BCUT2D eigenvalue weighted by atomic mass is 9.86. The predicted octanol–water partition coefficient (Wildman–Crippen LogP) is 3.65. The van der Waals surface area contributed by atoms with Gasteiger partial charge in [0, 0.05) is 19.5 Å². The summed E-state index contributed by atoms with van der Waals surface area (Å²) in [6, 6.07) is 8.13. The molecular weight excluding hydrogens is 306 g/mol. The molecule has 2 aliphatic rings. The lowest BCUT2D eigenvalue weighted by molar-refractivity contribution is -0.122. The van der Waals surface area contributed by atoms with Gasteiger partial charge in [0.2, 0.25) is 5.91 Å². The Labute approximate surface area is 140 Å². The molecule has 23 heavy (non-hydrogen) atoms. The van der Waals surface area contributed by atoms with Crippen LogP contribution in [0.5, 0.6) is 0 Å². The molecule has 1 amide bonds. The minimum Gasteiger partial charge on any atom is -0.360 e. The first-order valence-electron chi connectivity index (χ1n) is 8.64. The van der Waals surface area contributed by atoms with Crippen molar-refractivity contribution in [1.29, 1.82) is 0 Å². The molecule has 0 saturated heterocycles. The number of fused-ring (bicyclic) bond motifs is 3. The second-order valence-electron chi connectivity index (χ2n) is 6.90. The molecule has 4 rings (SSSR count). The highest BCUT2D eigenvalue weighted by Crippen LogP contribution is 2.49. The number of hydrogen-bond acceptors (Lipinski definition) is 4. The Morgan fingerprint density at radius 3 is 2.91 bits per heavy atom. The third-order valence-electron chi connectivity index (χ3n) is 5.35. The standard InChI is InChI=1S/C18H23N3OS/c22-17(11-14-10-12-5-6-13(14)9-12)19-7-8-20-18-21-15-3-1-2-4-16(15)23-18/h1-4,12-14H,5-11H2,(H,19,22)(H,20,21)/t12-,13-,14-/m0/s1. The number of benzene rings is 1. The van der Waals surface area contributed by atoms with Crippen molar-refractivity contribution in [2.24, 2.45) is 17.8 Å². The van der Waals surface area contributed by atoms with Crippen LogP contribution in [0.25, 0.3) is 10.2 Å². The zero-order valence-electron chi connectivity index (χ0n) is 13.3. The van der Waals surface area contributed by atoms with Crippen LogP contribution in [0.1, 0.15) is 32.1 Å². The summed E-state index contributed by atoms with van der Waals surface area (Å²) >= 11 is 1.66. The molecule has 2 aromatic rings. The molecule has 2 N–H and O–H groups in total. The van der Waals surface area contributed by atoms with Crippen molar-refractivity contribution >= 4 is 32.6 Å². The van der Waals surface area contributed by atoms with Gasteiger partial charge >= 0.3 is 0 Å². The maximum atomic E-state index is 12.1. The smallest absolute Gasteiger partial charge is 0.220 e. The molecule has 0 spiro atoms. The number of carbonyl (C=O) groups excluding carboxylic acids is 1. The van der Waals surface area contributed by atoms with Crippen LogP contribution in [-0.2, 0) is 4.79 Å². The molecule has 2 bridgehead atoms. The number of rotatable bonds is 6. The van der Waals surface area contributed by atoms with Gasteiger partial charge in [-0.1, -0.05) is 29.9 Å². The molecule has 2 fully saturated rings. The Balaban J connectivity index is 1.19. The highest BCUT2D eigenvalue weighted by molar-refractivity contribution is 7.22. The summed E-state index contributed by atoms with van der Waals surface area (Å²) in [5, 5.41) is 7.28. The molecule has 122 valence electrons. The van der Waals surface area contributed by atoms with E-state index in [0.29, 0.717) is 12.5 Å². The number of para-hydroxylation sites is 1. The van der Waals surface area contributed by atoms with Crippen molar-refractivity contribution in [3.05, 3.63) is 24.3 Å². The van der Waals surface area contributed by atoms with Gasteiger partial charge in [0.15, 0.2) is 5.13 Å². The number of carbonyl (C=O) groups is 1. The Hall–Kier alpha value is -1.62. The largest absolute Gasteiger partial charge is 0.360 e. The number of thiazole rings is 1. The van der Waals surface area contributed by atoms with Gasteiger partial charge in [0.1, 0.15) is 0 Å². The molecule has 1 aromatic carbocycles. The lowest BCUT2D eigenvalue weighted by Crippen LogP contribution is -2.31. The van der Waals surface area contributed by atoms with E-state index >= 15 is 0 Å². The Kier molecular flexibility index (Phi) is 4.21. The van der Waals surface area contributed by atoms with Gasteiger partial charge in [-0.25, -0.2) is 4.98 Å². The summed E-state index contributed by atoms with van der Waals surface area (Å²) in [6.45, 7) is 1.39. The van der Waals surface area contributed by atoms with E-state index in [-0.39, 0.29) is 5.91 Å². The molecule has 0 unspecified atom stereocenters.